The van der Waals surface area contributed by atoms with E-state index in [4.69, 9.17) is 9.47 Å². The predicted molar refractivity (Wildman–Crippen MR) is 50.5 cm³/mol. The van der Waals surface area contributed by atoms with Gasteiger partial charge in [-0.3, -0.25) is 0 Å². The third-order valence-electron chi connectivity index (χ3n) is 2.27. The van der Waals surface area contributed by atoms with E-state index in [0.717, 1.165) is 12.2 Å². The molecule has 0 aliphatic carbocycles. The number of epoxide rings is 1. The van der Waals surface area contributed by atoms with Gasteiger partial charge >= 0.3 is 0 Å². The third-order valence-corrected chi connectivity index (χ3v) is 2.27. The lowest BCUT2D eigenvalue weighted by atomic mass is 10.1. The summed E-state index contributed by atoms with van der Waals surface area (Å²) in [5.41, 5.74) is 0.993. The molecule has 1 aromatic carbocycles. The van der Waals surface area contributed by atoms with Gasteiger partial charge in [0.15, 0.2) is 0 Å². The van der Waals surface area contributed by atoms with Gasteiger partial charge in [0.1, 0.15) is 11.9 Å². The average Bonchev–Trinajstić information content (AvgIpc) is 2.99. The molecule has 3 heteroatoms. The molecule has 14 heavy (non-hydrogen) atoms. The number of benzene rings is 1. The molecule has 1 heterocycles. The van der Waals surface area contributed by atoms with Crippen molar-refractivity contribution in [3.63, 3.8) is 0 Å². The molecule has 1 saturated heterocycles. The zero-order valence-electron chi connectivity index (χ0n) is 8.07. The van der Waals surface area contributed by atoms with Crippen LogP contribution in [0.15, 0.2) is 24.3 Å². The van der Waals surface area contributed by atoms with Gasteiger partial charge < -0.3 is 9.47 Å². The fourth-order valence-corrected chi connectivity index (χ4v) is 1.25. The van der Waals surface area contributed by atoms with E-state index in [1.165, 1.54) is 12.1 Å². The average molecular weight is 196 g/mol. The van der Waals surface area contributed by atoms with E-state index in [1.54, 1.807) is 12.1 Å². The molecule has 0 amide bonds. The summed E-state index contributed by atoms with van der Waals surface area (Å²) in [5, 5.41) is 0. The maximum absolute atomic E-state index is 12.6. The highest BCUT2D eigenvalue weighted by atomic mass is 19.1. The summed E-state index contributed by atoms with van der Waals surface area (Å²) in [7, 11) is 0. The molecule has 2 nitrogen and oxygen atoms in total. The van der Waals surface area contributed by atoms with Gasteiger partial charge in [-0.05, 0) is 24.6 Å². The molecule has 0 saturated carbocycles. The van der Waals surface area contributed by atoms with Crippen LogP contribution in [-0.2, 0) is 9.47 Å². The van der Waals surface area contributed by atoms with Crippen LogP contribution in [0.1, 0.15) is 18.6 Å². The Morgan fingerprint density at radius 2 is 2.14 bits per heavy atom. The predicted octanol–water partition coefficient (Wildman–Crippen LogP) is 2.30. The van der Waals surface area contributed by atoms with Gasteiger partial charge in [-0.2, -0.15) is 0 Å². The van der Waals surface area contributed by atoms with Crippen LogP contribution < -0.4 is 0 Å². The molecule has 76 valence electrons. The molecule has 0 unspecified atom stereocenters. The maximum Gasteiger partial charge on any atom is 0.123 e. The highest BCUT2D eigenvalue weighted by Gasteiger charge is 2.23. The van der Waals surface area contributed by atoms with Gasteiger partial charge in [-0.15, -0.1) is 0 Å². The minimum atomic E-state index is -0.216. The smallest absolute Gasteiger partial charge is 0.123 e. The first-order valence-corrected chi connectivity index (χ1v) is 4.74. The van der Waals surface area contributed by atoms with Crippen LogP contribution in [0.25, 0.3) is 0 Å². The van der Waals surface area contributed by atoms with Crippen LogP contribution in [-0.4, -0.2) is 19.3 Å². The fourth-order valence-electron chi connectivity index (χ4n) is 1.25. The molecule has 0 N–H and O–H groups in total. The first-order chi connectivity index (χ1) is 6.75. The monoisotopic (exact) mass is 196 g/mol. The summed E-state index contributed by atoms with van der Waals surface area (Å²) >= 11 is 0. The van der Waals surface area contributed by atoms with E-state index in [2.05, 4.69) is 0 Å². The summed E-state index contributed by atoms with van der Waals surface area (Å²) in [6.45, 7) is 3.38. The Morgan fingerprint density at radius 3 is 2.71 bits per heavy atom. The van der Waals surface area contributed by atoms with E-state index in [-0.39, 0.29) is 18.0 Å². The van der Waals surface area contributed by atoms with Crippen molar-refractivity contribution in [2.24, 2.45) is 0 Å². The van der Waals surface area contributed by atoms with Crippen molar-refractivity contribution >= 4 is 0 Å². The quantitative estimate of drug-likeness (QED) is 0.689. The zero-order valence-corrected chi connectivity index (χ0v) is 8.07. The van der Waals surface area contributed by atoms with E-state index < -0.39 is 0 Å². The molecule has 0 bridgehead atoms. The normalized spacial score (nSPS) is 22.0. The molecule has 2 atom stereocenters. The second-order valence-electron chi connectivity index (χ2n) is 3.48. The number of hydrogen-bond donors (Lipinski definition) is 0. The Labute approximate surface area is 82.6 Å². The molecule has 0 aromatic heterocycles. The molecular formula is C11H13FO2. The van der Waals surface area contributed by atoms with Crippen molar-refractivity contribution in [2.75, 3.05) is 13.2 Å². The second kappa shape index (κ2) is 4.07. The van der Waals surface area contributed by atoms with Crippen molar-refractivity contribution in [1.82, 2.24) is 0 Å². The van der Waals surface area contributed by atoms with E-state index in [1.807, 2.05) is 6.92 Å². The number of hydrogen-bond acceptors (Lipinski definition) is 2. The summed E-state index contributed by atoms with van der Waals surface area (Å²) < 4.78 is 23.2. The first kappa shape index (κ1) is 9.62. The maximum atomic E-state index is 12.6. The number of halogens is 1. The third kappa shape index (κ3) is 2.53. The van der Waals surface area contributed by atoms with Crippen molar-refractivity contribution in [3.8, 4) is 0 Å². The van der Waals surface area contributed by atoms with Crippen LogP contribution in [0.2, 0.25) is 0 Å². The largest absolute Gasteiger partial charge is 0.371 e. The topological polar surface area (TPSA) is 21.8 Å². The molecule has 2 rings (SSSR count). The second-order valence-corrected chi connectivity index (χ2v) is 3.48. The van der Waals surface area contributed by atoms with Crippen molar-refractivity contribution < 1.29 is 13.9 Å². The molecule has 1 aromatic rings. The van der Waals surface area contributed by atoms with Crippen molar-refractivity contribution in [2.45, 2.75) is 19.1 Å². The van der Waals surface area contributed by atoms with Gasteiger partial charge in [-0.25, -0.2) is 4.39 Å². The Hall–Kier alpha value is -0.930. The summed E-state index contributed by atoms with van der Waals surface area (Å²) in [6.07, 6.45) is 0.276. The van der Waals surface area contributed by atoms with Crippen LogP contribution in [0, 0.1) is 5.82 Å². The van der Waals surface area contributed by atoms with Crippen LogP contribution in [0.4, 0.5) is 4.39 Å². The van der Waals surface area contributed by atoms with Crippen LogP contribution in [0.3, 0.4) is 0 Å². The molecule has 1 fully saturated rings. The SMILES string of the molecule is C[C@@H](OC[C@@H]1CO1)c1ccc(F)cc1. The highest BCUT2D eigenvalue weighted by Crippen LogP contribution is 2.19. The highest BCUT2D eigenvalue weighted by molar-refractivity contribution is 5.18. The minimum Gasteiger partial charge on any atom is -0.371 e. The van der Waals surface area contributed by atoms with Crippen molar-refractivity contribution in [3.05, 3.63) is 35.6 Å². The van der Waals surface area contributed by atoms with Gasteiger partial charge in [0.05, 0.1) is 19.3 Å². The summed E-state index contributed by atoms with van der Waals surface area (Å²) in [6, 6.07) is 6.38. The Morgan fingerprint density at radius 1 is 1.50 bits per heavy atom. The van der Waals surface area contributed by atoms with Gasteiger partial charge in [0.25, 0.3) is 0 Å². The Bertz CT molecular complexity index is 293. The minimum absolute atomic E-state index is 0.000185. The van der Waals surface area contributed by atoms with E-state index in [9.17, 15) is 4.39 Å². The summed E-state index contributed by atoms with van der Waals surface area (Å²) in [5.74, 6) is -0.216. The summed E-state index contributed by atoms with van der Waals surface area (Å²) in [4.78, 5) is 0. The molecule has 0 radical (unpaired) electrons. The van der Waals surface area contributed by atoms with Crippen LogP contribution in [0.5, 0.6) is 0 Å². The first-order valence-electron chi connectivity index (χ1n) is 4.74. The van der Waals surface area contributed by atoms with E-state index >= 15 is 0 Å². The van der Waals surface area contributed by atoms with Gasteiger partial charge in [-0.1, -0.05) is 12.1 Å². The number of ether oxygens (including phenoxy) is 2. The lowest BCUT2D eigenvalue weighted by Gasteiger charge is -2.12. The van der Waals surface area contributed by atoms with Gasteiger partial charge in [0.2, 0.25) is 0 Å². The van der Waals surface area contributed by atoms with Gasteiger partial charge in [0, 0.05) is 0 Å². The standard InChI is InChI=1S/C11H13FO2/c1-8(13-6-11-7-14-11)9-2-4-10(12)5-3-9/h2-5,8,11H,6-7H2,1H3/t8-,11-/m1/s1. The molecule has 1 aliphatic heterocycles. The van der Waals surface area contributed by atoms with E-state index in [0.29, 0.717) is 6.61 Å². The fraction of sp³-hybridized carbons (Fsp3) is 0.455. The zero-order chi connectivity index (χ0) is 9.97. The molecule has 1 aliphatic rings. The van der Waals surface area contributed by atoms with Crippen molar-refractivity contribution in [1.29, 1.82) is 0 Å². The van der Waals surface area contributed by atoms with Crippen LogP contribution >= 0.6 is 0 Å². The molecular weight excluding hydrogens is 183 g/mol. The lowest BCUT2D eigenvalue weighted by Crippen LogP contribution is -2.05. The Balaban J connectivity index is 1.88. The lowest BCUT2D eigenvalue weighted by molar-refractivity contribution is 0.0539. The number of rotatable bonds is 4. The molecule has 0 spiro atoms. The Kier molecular flexibility index (Phi) is 2.79.